The van der Waals surface area contributed by atoms with E-state index in [0.717, 1.165) is 0 Å². The summed E-state index contributed by atoms with van der Waals surface area (Å²) in [4.78, 5) is 42.1. The van der Waals surface area contributed by atoms with Crippen molar-refractivity contribution in [3.63, 3.8) is 0 Å². The SMILES string of the molecule is O=C(CC[N+](=O)[O-])NCC(=O)NC(CS)C(=O)O. The fourth-order valence-corrected chi connectivity index (χ4v) is 1.14. The van der Waals surface area contributed by atoms with Gasteiger partial charge in [-0.05, 0) is 0 Å². The van der Waals surface area contributed by atoms with Gasteiger partial charge < -0.3 is 15.7 Å². The van der Waals surface area contributed by atoms with E-state index in [1.165, 1.54) is 0 Å². The number of nitrogens with zero attached hydrogens (tertiary/aromatic N) is 1. The summed E-state index contributed by atoms with van der Waals surface area (Å²) in [7, 11) is 0. The van der Waals surface area contributed by atoms with E-state index in [9.17, 15) is 24.5 Å². The topological polar surface area (TPSA) is 139 Å². The van der Waals surface area contributed by atoms with E-state index in [4.69, 9.17) is 5.11 Å². The molecule has 102 valence electrons. The van der Waals surface area contributed by atoms with Crippen LogP contribution in [0.1, 0.15) is 6.42 Å². The van der Waals surface area contributed by atoms with Gasteiger partial charge in [0.15, 0.2) is 0 Å². The minimum absolute atomic E-state index is 0.0870. The number of hydrogen-bond donors (Lipinski definition) is 4. The van der Waals surface area contributed by atoms with Gasteiger partial charge in [0, 0.05) is 10.7 Å². The third kappa shape index (κ3) is 7.44. The summed E-state index contributed by atoms with van der Waals surface area (Å²) >= 11 is 3.74. The molecule has 3 N–H and O–H groups in total. The average Bonchev–Trinajstić information content (AvgIpc) is 2.30. The number of aliphatic carboxylic acids is 1. The van der Waals surface area contributed by atoms with E-state index in [1.54, 1.807) is 0 Å². The molecule has 2 amide bonds. The lowest BCUT2D eigenvalue weighted by molar-refractivity contribution is -0.478. The monoisotopic (exact) mass is 279 g/mol. The molecular formula is C8H13N3O6S. The fourth-order valence-electron chi connectivity index (χ4n) is 0.891. The fraction of sp³-hybridized carbons (Fsp3) is 0.625. The molecule has 0 aliphatic carbocycles. The van der Waals surface area contributed by atoms with Crippen molar-refractivity contribution in [3.8, 4) is 0 Å². The summed E-state index contributed by atoms with van der Waals surface area (Å²) in [5, 5.41) is 22.8. The predicted molar refractivity (Wildman–Crippen MR) is 62.9 cm³/mol. The molecule has 0 aliphatic rings. The molecule has 10 heteroatoms. The Hall–Kier alpha value is -1.84. The molecule has 0 heterocycles. The molecule has 0 aromatic rings. The highest BCUT2D eigenvalue weighted by molar-refractivity contribution is 7.80. The van der Waals surface area contributed by atoms with Crippen molar-refractivity contribution < 1.29 is 24.4 Å². The maximum atomic E-state index is 11.2. The minimum atomic E-state index is -1.24. The summed E-state index contributed by atoms with van der Waals surface area (Å²) in [5.41, 5.74) is 0. The van der Waals surface area contributed by atoms with Crippen LogP contribution in [0.3, 0.4) is 0 Å². The van der Waals surface area contributed by atoms with Gasteiger partial charge in [0.1, 0.15) is 6.04 Å². The number of rotatable bonds is 8. The van der Waals surface area contributed by atoms with E-state index in [0.29, 0.717) is 0 Å². The number of thiol groups is 1. The van der Waals surface area contributed by atoms with Gasteiger partial charge in [-0.3, -0.25) is 19.7 Å². The average molecular weight is 279 g/mol. The zero-order chi connectivity index (χ0) is 14.1. The molecule has 0 saturated carbocycles. The summed E-state index contributed by atoms with van der Waals surface area (Å²) in [6.45, 7) is -0.962. The first-order chi connectivity index (χ1) is 8.36. The number of hydrogen-bond acceptors (Lipinski definition) is 6. The lowest BCUT2D eigenvalue weighted by Gasteiger charge is -2.11. The summed E-state index contributed by atoms with van der Waals surface area (Å²) in [6, 6.07) is -1.14. The zero-order valence-electron chi connectivity index (χ0n) is 9.29. The van der Waals surface area contributed by atoms with Crippen molar-refractivity contribution in [2.75, 3.05) is 18.8 Å². The highest BCUT2D eigenvalue weighted by atomic mass is 32.1. The summed E-state index contributed by atoms with van der Waals surface area (Å²) in [6.07, 6.45) is -0.338. The third-order valence-electron chi connectivity index (χ3n) is 1.78. The molecule has 0 radical (unpaired) electrons. The minimum Gasteiger partial charge on any atom is -0.480 e. The molecule has 0 aromatic carbocycles. The Balaban J connectivity index is 3.92. The van der Waals surface area contributed by atoms with Gasteiger partial charge in [-0.2, -0.15) is 12.6 Å². The largest absolute Gasteiger partial charge is 0.480 e. The molecule has 0 bridgehead atoms. The molecule has 1 atom stereocenters. The molecule has 0 rings (SSSR count). The lowest BCUT2D eigenvalue weighted by Crippen LogP contribution is -2.46. The van der Waals surface area contributed by atoms with Gasteiger partial charge in [0.25, 0.3) is 0 Å². The van der Waals surface area contributed by atoms with Crippen LogP contribution in [-0.2, 0) is 14.4 Å². The van der Waals surface area contributed by atoms with Crippen LogP contribution in [0.4, 0.5) is 0 Å². The quantitative estimate of drug-likeness (QED) is 0.236. The highest BCUT2D eigenvalue weighted by Crippen LogP contribution is 1.88. The second kappa shape index (κ2) is 8.28. The first-order valence-corrected chi connectivity index (χ1v) is 5.51. The number of carbonyl (C=O) groups excluding carboxylic acids is 2. The van der Waals surface area contributed by atoms with E-state index in [1.807, 2.05) is 0 Å². The highest BCUT2D eigenvalue weighted by Gasteiger charge is 2.18. The van der Waals surface area contributed by atoms with Gasteiger partial charge in [-0.15, -0.1) is 0 Å². The molecule has 0 aromatic heterocycles. The van der Waals surface area contributed by atoms with E-state index >= 15 is 0 Å². The Morgan fingerprint density at radius 2 is 1.94 bits per heavy atom. The van der Waals surface area contributed by atoms with Crippen molar-refractivity contribution in [1.82, 2.24) is 10.6 Å². The third-order valence-corrected chi connectivity index (χ3v) is 2.15. The summed E-state index contributed by atoms with van der Waals surface area (Å²) in [5.74, 6) is -2.68. The van der Waals surface area contributed by atoms with Crippen molar-refractivity contribution in [3.05, 3.63) is 10.1 Å². The number of nitro groups is 1. The molecule has 9 nitrogen and oxygen atoms in total. The lowest BCUT2D eigenvalue weighted by atomic mass is 10.3. The second-order valence-electron chi connectivity index (χ2n) is 3.22. The normalized spacial score (nSPS) is 11.4. The van der Waals surface area contributed by atoms with Crippen LogP contribution in [0.15, 0.2) is 0 Å². The first-order valence-electron chi connectivity index (χ1n) is 4.88. The number of nitrogens with one attached hydrogen (secondary N) is 2. The van der Waals surface area contributed by atoms with Crippen LogP contribution >= 0.6 is 12.6 Å². The van der Waals surface area contributed by atoms with Crippen molar-refractivity contribution in [2.24, 2.45) is 0 Å². The van der Waals surface area contributed by atoms with Crippen LogP contribution in [0, 0.1) is 10.1 Å². The Labute approximate surface area is 107 Å². The van der Waals surface area contributed by atoms with Crippen molar-refractivity contribution in [2.45, 2.75) is 12.5 Å². The van der Waals surface area contributed by atoms with E-state index < -0.39 is 41.8 Å². The Bertz CT molecular complexity index is 348. The maximum Gasteiger partial charge on any atom is 0.327 e. The van der Waals surface area contributed by atoms with Gasteiger partial charge in [0.05, 0.1) is 13.0 Å². The molecule has 0 fully saturated rings. The Morgan fingerprint density at radius 3 is 2.39 bits per heavy atom. The van der Waals surface area contributed by atoms with Crippen LogP contribution in [0.2, 0.25) is 0 Å². The van der Waals surface area contributed by atoms with Crippen LogP contribution in [0.25, 0.3) is 0 Å². The van der Waals surface area contributed by atoms with Gasteiger partial charge in [-0.25, -0.2) is 4.79 Å². The van der Waals surface area contributed by atoms with Gasteiger partial charge in [-0.1, -0.05) is 0 Å². The van der Waals surface area contributed by atoms with Crippen LogP contribution in [0.5, 0.6) is 0 Å². The number of carboxylic acid groups (broad SMARTS) is 1. The van der Waals surface area contributed by atoms with Crippen LogP contribution in [-0.4, -0.2) is 52.7 Å². The first kappa shape index (κ1) is 16.2. The van der Waals surface area contributed by atoms with Gasteiger partial charge in [0.2, 0.25) is 18.4 Å². The molecule has 0 aliphatic heterocycles. The Morgan fingerprint density at radius 1 is 1.33 bits per heavy atom. The Kier molecular flexibility index (Phi) is 7.43. The van der Waals surface area contributed by atoms with Crippen LogP contribution < -0.4 is 10.6 Å². The standard InChI is InChI=1S/C8H13N3O6S/c12-6(1-2-11(16)17)9-3-7(13)10-5(4-18)8(14)15/h5,18H,1-4H2,(H,9,12)(H,10,13)(H,14,15). The predicted octanol–water partition coefficient (Wildman–Crippen LogP) is -1.73. The molecular weight excluding hydrogens is 266 g/mol. The summed E-state index contributed by atoms with van der Waals surface area (Å²) < 4.78 is 0. The second-order valence-corrected chi connectivity index (χ2v) is 3.59. The number of carboxylic acids is 1. The van der Waals surface area contributed by atoms with E-state index in [2.05, 4.69) is 23.3 Å². The molecule has 18 heavy (non-hydrogen) atoms. The number of amides is 2. The molecule has 0 spiro atoms. The van der Waals surface area contributed by atoms with E-state index in [-0.39, 0.29) is 12.2 Å². The zero-order valence-corrected chi connectivity index (χ0v) is 10.2. The number of carbonyl (C=O) groups is 3. The smallest absolute Gasteiger partial charge is 0.327 e. The van der Waals surface area contributed by atoms with Crippen molar-refractivity contribution in [1.29, 1.82) is 0 Å². The van der Waals surface area contributed by atoms with Crippen molar-refractivity contribution >= 4 is 30.4 Å². The van der Waals surface area contributed by atoms with Gasteiger partial charge >= 0.3 is 5.97 Å². The maximum absolute atomic E-state index is 11.2. The molecule has 0 saturated heterocycles. The molecule has 1 unspecified atom stereocenters.